The van der Waals surface area contributed by atoms with E-state index in [-0.39, 0.29) is 39.2 Å². The first-order chi connectivity index (χ1) is 17.6. The van der Waals surface area contributed by atoms with Crippen LogP contribution in [0.4, 0.5) is 11.4 Å². The van der Waals surface area contributed by atoms with E-state index in [0.29, 0.717) is 24.1 Å². The number of nitrogens with one attached hydrogen (secondary N) is 1. The highest BCUT2D eigenvalue weighted by atomic mass is 35.5. The molecule has 0 fully saturated rings. The van der Waals surface area contributed by atoms with Crippen LogP contribution in [0.2, 0.25) is 5.15 Å². The zero-order chi connectivity index (χ0) is 26.7. The summed E-state index contributed by atoms with van der Waals surface area (Å²) in [6.07, 6.45) is 4.96. The first kappa shape index (κ1) is 25.9. The van der Waals surface area contributed by atoms with Gasteiger partial charge in [0.25, 0.3) is 5.91 Å². The first-order valence-corrected chi connectivity index (χ1v) is 12.0. The third-order valence-electron chi connectivity index (χ3n) is 6.16. The highest BCUT2D eigenvalue weighted by Crippen LogP contribution is 2.43. The number of halogens is 1. The van der Waals surface area contributed by atoms with Crippen molar-refractivity contribution in [2.75, 3.05) is 17.4 Å². The maximum absolute atomic E-state index is 12.9. The van der Waals surface area contributed by atoms with E-state index in [1.54, 1.807) is 36.2 Å². The molecular formula is C28H27ClN4O4. The molecule has 2 N–H and O–H groups in total. The molecule has 9 heteroatoms. The van der Waals surface area contributed by atoms with Crippen molar-refractivity contribution in [3.05, 3.63) is 82.6 Å². The van der Waals surface area contributed by atoms with Crippen LogP contribution in [0.25, 0.3) is 5.70 Å². The van der Waals surface area contributed by atoms with Gasteiger partial charge in [0.2, 0.25) is 0 Å². The van der Waals surface area contributed by atoms with Crippen LogP contribution in [0.5, 0.6) is 11.5 Å². The molecule has 37 heavy (non-hydrogen) atoms. The number of fused-ring (bicyclic) bond motifs is 1. The van der Waals surface area contributed by atoms with Crippen molar-refractivity contribution in [1.29, 1.82) is 0 Å². The number of phenolic OH excluding ortho intramolecular Hbond substituents is 1. The molecule has 1 aliphatic rings. The van der Waals surface area contributed by atoms with Gasteiger partial charge in [0.05, 0.1) is 29.8 Å². The average Bonchev–Trinajstić information content (AvgIpc) is 2.88. The Kier molecular flexibility index (Phi) is 7.31. The lowest BCUT2D eigenvalue weighted by molar-refractivity contribution is -0.102. The van der Waals surface area contributed by atoms with Crippen molar-refractivity contribution in [1.82, 2.24) is 4.98 Å². The number of aromatic nitrogens is 1. The molecule has 0 bridgehead atoms. The second-order valence-corrected chi connectivity index (χ2v) is 9.62. The van der Waals surface area contributed by atoms with Gasteiger partial charge < -0.3 is 15.2 Å². The summed E-state index contributed by atoms with van der Waals surface area (Å²) in [5, 5.41) is 19.3. The summed E-state index contributed by atoms with van der Waals surface area (Å²) in [7, 11) is 1.46. The third-order valence-corrected chi connectivity index (χ3v) is 6.46. The number of benzene rings is 2. The van der Waals surface area contributed by atoms with E-state index in [4.69, 9.17) is 16.3 Å². The fraction of sp³-hybridized carbons (Fsp3) is 0.214. The number of rotatable bonds is 7. The molecule has 1 aliphatic carbocycles. The molecule has 0 unspecified atom stereocenters. The smallest absolute Gasteiger partial charge is 0.258 e. The number of anilines is 2. The van der Waals surface area contributed by atoms with Crippen LogP contribution in [0.3, 0.4) is 0 Å². The molecule has 0 spiro atoms. The molecule has 8 nitrogen and oxygen atoms in total. The quantitative estimate of drug-likeness (QED) is 0.177. The minimum atomic E-state index is -0.381. The molecule has 4 rings (SSSR count). The monoisotopic (exact) mass is 518 g/mol. The van der Waals surface area contributed by atoms with E-state index in [1.165, 1.54) is 19.4 Å². The number of pyridine rings is 1. The number of carbonyl (C=O) groups excluding carboxylic acids is 2. The molecule has 3 aromatic rings. The molecule has 1 amide bonds. The predicted octanol–water partition coefficient (Wildman–Crippen LogP) is 5.81. The van der Waals surface area contributed by atoms with Crippen molar-refractivity contribution in [3.63, 3.8) is 0 Å². The maximum atomic E-state index is 12.9. The minimum absolute atomic E-state index is 0.0134. The summed E-state index contributed by atoms with van der Waals surface area (Å²) < 4.78 is 5.29. The van der Waals surface area contributed by atoms with Crippen molar-refractivity contribution in [3.8, 4) is 11.5 Å². The highest BCUT2D eigenvalue weighted by molar-refractivity contribution is 6.33. The SMILES string of the molecule is COc1cc(N(/N=C(\C)C=O)C2=CCC(C)(C)c3ccc(NC(=O)c4cccnc4Cl)cc32)ccc1O. The fourth-order valence-electron chi connectivity index (χ4n) is 4.18. The number of carbonyl (C=O) groups is 2. The summed E-state index contributed by atoms with van der Waals surface area (Å²) in [5.74, 6) is -0.123. The second kappa shape index (κ2) is 10.4. The molecule has 0 atom stereocenters. The number of phenols is 1. The Morgan fingerprint density at radius 3 is 2.73 bits per heavy atom. The van der Waals surface area contributed by atoms with Gasteiger partial charge >= 0.3 is 0 Å². The van der Waals surface area contributed by atoms with Crippen LogP contribution in [0.1, 0.15) is 48.7 Å². The number of aldehydes is 1. The Morgan fingerprint density at radius 1 is 1.24 bits per heavy atom. The van der Waals surface area contributed by atoms with E-state index in [2.05, 4.69) is 29.2 Å². The van der Waals surface area contributed by atoms with Gasteiger partial charge in [-0.3, -0.25) is 9.59 Å². The largest absolute Gasteiger partial charge is 0.504 e. The lowest BCUT2D eigenvalue weighted by atomic mass is 9.74. The molecule has 0 saturated carbocycles. The Hall–Kier alpha value is -4.17. The highest BCUT2D eigenvalue weighted by Gasteiger charge is 2.31. The van der Waals surface area contributed by atoms with Gasteiger partial charge in [0.1, 0.15) is 5.15 Å². The Balaban J connectivity index is 1.82. The predicted molar refractivity (Wildman–Crippen MR) is 146 cm³/mol. The van der Waals surface area contributed by atoms with E-state index in [1.807, 2.05) is 24.3 Å². The molecule has 1 aromatic heterocycles. The van der Waals surface area contributed by atoms with Crippen molar-refractivity contribution < 1.29 is 19.4 Å². The van der Waals surface area contributed by atoms with Crippen molar-refractivity contribution >= 4 is 46.6 Å². The number of methoxy groups -OCH3 is 1. The number of hydrogen-bond acceptors (Lipinski definition) is 7. The zero-order valence-corrected chi connectivity index (χ0v) is 21.7. The summed E-state index contributed by atoms with van der Waals surface area (Å²) in [6.45, 7) is 5.89. The topological polar surface area (TPSA) is 104 Å². The molecule has 2 aromatic carbocycles. The normalized spacial score (nSPS) is 14.3. The fourth-order valence-corrected chi connectivity index (χ4v) is 4.39. The number of aromatic hydroxyl groups is 1. The van der Waals surface area contributed by atoms with Gasteiger partial charge in [-0.2, -0.15) is 5.10 Å². The van der Waals surface area contributed by atoms with Crippen LogP contribution in [0, 0.1) is 0 Å². The number of amides is 1. The van der Waals surface area contributed by atoms with Crippen LogP contribution in [0.15, 0.2) is 65.9 Å². The van der Waals surface area contributed by atoms with Crippen molar-refractivity contribution in [2.45, 2.75) is 32.6 Å². The summed E-state index contributed by atoms with van der Waals surface area (Å²) in [5.41, 5.74) is 4.10. The summed E-state index contributed by atoms with van der Waals surface area (Å²) in [6, 6.07) is 13.8. The lowest BCUT2D eigenvalue weighted by Gasteiger charge is -2.35. The Morgan fingerprint density at radius 2 is 2.03 bits per heavy atom. The minimum Gasteiger partial charge on any atom is -0.504 e. The number of nitrogens with zero attached hydrogens (tertiary/aromatic N) is 3. The molecule has 190 valence electrons. The van der Waals surface area contributed by atoms with E-state index < -0.39 is 0 Å². The number of ether oxygens (including phenoxy) is 1. The Bertz CT molecular complexity index is 1430. The number of allylic oxidation sites excluding steroid dienone is 1. The first-order valence-electron chi connectivity index (χ1n) is 11.6. The van der Waals surface area contributed by atoms with E-state index in [9.17, 15) is 14.7 Å². The van der Waals surface area contributed by atoms with E-state index >= 15 is 0 Å². The summed E-state index contributed by atoms with van der Waals surface area (Å²) >= 11 is 6.11. The van der Waals surface area contributed by atoms with Gasteiger partial charge in [-0.1, -0.05) is 37.6 Å². The molecule has 0 radical (unpaired) electrons. The standard InChI is InChI=1S/C28H27ClN4O4/c1-17(16-34)32-33(19-8-10-24(35)25(15-19)37-4)23-11-12-28(2,3)22-9-7-18(14-21(22)23)31-27(36)20-6-5-13-30-26(20)29/h5-11,13-16,35H,12H2,1-4H3,(H,31,36)/b32-17+. The van der Waals surface area contributed by atoms with Crippen LogP contribution < -0.4 is 15.1 Å². The zero-order valence-electron chi connectivity index (χ0n) is 20.9. The van der Waals surface area contributed by atoms with Gasteiger partial charge in [0.15, 0.2) is 17.8 Å². The van der Waals surface area contributed by atoms with Crippen LogP contribution in [-0.4, -0.2) is 35.1 Å². The van der Waals surface area contributed by atoms with Gasteiger partial charge in [-0.05, 0) is 60.7 Å². The molecular weight excluding hydrogens is 492 g/mol. The lowest BCUT2D eigenvalue weighted by Crippen LogP contribution is -2.27. The molecule has 0 saturated heterocycles. The van der Waals surface area contributed by atoms with Crippen LogP contribution in [-0.2, 0) is 10.2 Å². The number of hydrogen-bond donors (Lipinski definition) is 2. The molecule has 0 aliphatic heterocycles. The van der Waals surface area contributed by atoms with Gasteiger partial charge in [-0.15, -0.1) is 0 Å². The average molecular weight is 519 g/mol. The third kappa shape index (κ3) is 5.34. The van der Waals surface area contributed by atoms with Crippen molar-refractivity contribution in [2.24, 2.45) is 5.10 Å². The number of hydrazone groups is 1. The van der Waals surface area contributed by atoms with Gasteiger partial charge in [-0.25, -0.2) is 9.99 Å². The maximum Gasteiger partial charge on any atom is 0.258 e. The van der Waals surface area contributed by atoms with E-state index in [0.717, 1.165) is 16.8 Å². The Labute approximate surface area is 220 Å². The van der Waals surface area contributed by atoms with Gasteiger partial charge in [0, 0.05) is 23.5 Å². The molecule has 1 heterocycles. The van der Waals surface area contributed by atoms with Crippen LogP contribution >= 0.6 is 11.6 Å². The second-order valence-electron chi connectivity index (χ2n) is 9.26. The summed E-state index contributed by atoms with van der Waals surface area (Å²) in [4.78, 5) is 28.4.